The Hall–Kier alpha value is -2.41. The fraction of sp³-hybridized carbons (Fsp3) is 0.182. The fourth-order valence-corrected chi connectivity index (χ4v) is 1.22. The second kappa shape index (κ2) is 6.36. The largest absolute Gasteiger partial charge is 0.478 e. The van der Waals surface area contributed by atoms with E-state index in [1.54, 1.807) is 6.07 Å². The van der Waals surface area contributed by atoms with Crippen LogP contribution in [0.3, 0.4) is 0 Å². The summed E-state index contributed by atoms with van der Waals surface area (Å²) in [5.41, 5.74) is 5.15. The summed E-state index contributed by atoms with van der Waals surface area (Å²) in [4.78, 5) is 33.6. The summed E-state index contributed by atoms with van der Waals surface area (Å²) >= 11 is 0. The molecular formula is C11H13N3O4. The van der Waals surface area contributed by atoms with Crippen LogP contribution in [-0.4, -0.2) is 36.0 Å². The highest BCUT2D eigenvalue weighted by Crippen LogP contribution is 2.14. The van der Waals surface area contributed by atoms with Crippen LogP contribution in [-0.2, 0) is 9.59 Å². The fourth-order valence-electron chi connectivity index (χ4n) is 1.22. The molecule has 0 atom stereocenters. The minimum Gasteiger partial charge on any atom is -0.478 e. The second-order valence-electron chi connectivity index (χ2n) is 3.35. The normalized spacial score (nSPS) is 9.61. The second-order valence-corrected chi connectivity index (χ2v) is 3.35. The molecule has 0 heterocycles. The van der Waals surface area contributed by atoms with E-state index in [0.29, 0.717) is 0 Å². The molecule has 7 heteroatoms. The Morgan fingerprint density at radius 2 is 1.83 bits per heavy atom. The monoisotopic (exact) mass is 251 g/mol. The molecule has 0 saturated heterocycles. The lowest BCUT2D eigenvalue weighted by atomic mass is 10.2. The van der Waals surface area contributed by atoms with Gasteiger partial charge in [-0.3, -0.25) is 9.59 Å². The molecule has 2 amide bonds. The van der Waals surface area contributed by atoms with Gasteiger partial charge in [-0.2, -0.15) is 0 Å². The lowest BCUT2D eigenvalue weighted by molar-refractivity contribution is -0.136. The van der Waals surface area contributed by atoms with E-state index >= 15 is 0 Å². The lowest BCUT2D eigenvalue weighted by Gasteiger charge is -2.08. The van der Waals surface area contributed by atoms with E-state index in [-0.39, 0.29) is 24.3 Å². The highest BCUT2D eigenvalue weighted by molar-refractivity contribution is 6.39. The van der Waals surface area contributed by atoms with Crippen molar-refractivity contribution in [1.82, 2.24) is 5.32 Å². The van der Waals surface area contributed by atoms with Crippen molar-refractivity contribution in [2.24, 2.45) is 5.73 Å². The van der Waals surface area contributed by atoms with E-state index in [1.165, 1.54) is 18.2 Å². The number of benzene rings is 1. The van der Waals surface area contributed by atoms with E-state index in [4.69, 9.17) is 10.8 Å². The molecule has 18 heavy (non-hydrogen) atoms. The Bertz CT molecular complexity index is 473. The van der Waals surface area contributed by atoms with E-state index in [9.17, 15) is 14.4 Å². The lowest BCUT2D eigenvalue weighted by Crippen LogP contribution is -2.38. The van der Waals surface area contributed by atoms with Crippen LogP contribution in [0, 0.1) is 0 Å². The number of para-hydroxylation sites is 1. The average Bonchev–Trinajstić information content (AvgIpc) is 2.36. The number of anilines is 1. The van der Waals surface area contributed by atoms with Gasteiger partial charge in [-0.25, -0.2) is 4.79 Å². The van der Waals surface area contributed by atoms with Crippen LogP contribution in [0.5, 0.6) is 0 Å². The number of carboxylic acid groups (broad SMARTS) is 1. The summed E-state index contributed by atoms with van der Waals surface area (Å²) in [5, 5.41) is 13.4. The SMILES string of the molecule is NCCNC(=O)C(=O)Nc1ccccc1C(=O)O. The smallest absolute Gasteiger partial charge is 0.337 e. The molecule has 0 fully saturated rings. The van der Waals surface area contributed by atoms with E-state index in [2.05, 4.69) is 10.6 Å². The maximum absolute atomic E-state index is 11.4. The van der Waals surface area contributed by atoms with Crippen LogP contribution in [0.1, 0.15) is 10.4 Å². The summed E-state index contributed by atoms with van der Waals surface area (Å²) in [7, 11) is 0. The van der Waals surface area contributed by atoms with Gasteiger partial charge in [0.25, 0.3) is 0 Å². The number of carbonyl (C=O) groups is 3. The minimum atomic E-state index is -1.19. The Balaban J connectivity index is 2.76. The third-order valence-electron chi connectivity index (χ3n) is 2.04. The van der Waals surface area contributed by atoms with Crippen molar-refractivity contribution in [2.75, 3.05) is 18.4 Å². The van der Waals surface area contributed by atoms with Crippen molar-refractivity contribution in [1.29, 1.82) is 0 Å². The van der Waals surface area contributed by atoms with Gasteiger partial charge in [0.2, 0.25) is 0 Å². The number of hydrogen-bond donors (Lipinski definition) is 4. The zero-order valence-corrected chi connectivity index (χ0v) is 9.47. The zero-order chi connectivity index (χ0) is 13.5. The van der Waals surface area contributed by atoms with Gasteiger partial charge in [0.1, 0.15) is 0 Å². The van der Waals surface area contributed by atoms with Crippen LogP contribution < -0.4 is 16.4 Å². The first kappa shape index (κ1) is 13.7. The van der Waals surface area contributed by atoms with Gasteiger partial charge < -0.3 is 21.5 Å². The Morgan fingerprint density at radius 3 is 2.44 bits per heavy atom. The first-order valence-corrected chi connectivity index (χ1v) is 5.18. The van der Waals surface area contributed by atoms with E-state index in [1.807, 2.05) is 0 Å². The number of carbonyl (C=O) groups excluding carboxylic acids is 2. The van der Waals surface area contributed by atoms with Gasteiger partial charge in [0.15, 0.2) is 0 Å². The van der Waals surface area contributed by atoms with Crippen molar-refractivity contribution in [3.8, 4) is 0 Å². The predicted octanol–water partition coefficient (Wildman–Crippen LogP) is -0.602. The van der Waals surface area contributed by atoms with E-state index < -0.39 is 17.8 Å². The first-order chi connectivity index (χ1) is 8.56. The summed E-state index contributed by atoms with van der Waals surface area (Å²) in [6, 6.07) is 5.81. The summed E-state index contributed by atoms with van der Waals surface area (Å²) in [6.07, 6.45) is 0. The molecule has 0 saturated carbocycles. The van der Waals surface area contributed by atoms with E-state index in [0.717, 1.165) is 0 Å². The van der Waals surface area contributed by atoms with Crippen molar-refractivity contribution in [3.63, 3.8) is 0 Å². The number of carboxylic acids is 1. The van der Waals surface area contributed by atoms with Crippen molar-refractivity contribution >= 4 is 23.5 Å². The van der Waals surface area contributed by atoms with Crippen molar-refractivity contribution in [3.05, 3.63) is 29.8 Å². The molecule has 0 bridgehead atoms. The maximum atomic E-state index is 11.4. The highest BCUT2D eigenvalue weighted by atomic mass is 16.4. The molecule has 1 aromatic rings. The minimum absolute atomic E-state index is 0.0675. The number of nitrogens with two attached hydrogens (primary N) is 1. The molecule has 0 unspecified atom stereocenters. The Kier molecular flexibility index (Phi) is 4.82. The molecule has 1 aromatic carbocycles. The summed E-state index contributed by atoms with van der Waals surface area (Å²) in [5.74, 6) is -2.98. The highest BCUT2D eigenvalue weighted by Gasteiger charge is 2.16. The Morgan fingerprint density at radius 1 is 1.17 bits per heavy atom. The van der Waals surface area contributed by atoms with Gasteiger partial charge in [-0.1, -0.05) is 12.1 Å². The van der Waals surface area contributed by atoms with Gasteiger partial charge >= 0.3 is 17.8 Å². The molecular weight excluding hydrogens is 238 g/mol. The third kappa shape index (κ3) is 3.56. The van der Waals surface area contributed by atoms with Crippen LogP contribution >= 0.6 is 0 Å². The molecule has 0 aliphatic carbocycles. The summed E-state index contributed by atoms with van der Waals surface area (Å²) in [6.45, 7) is 0.386. The van der Waals surface area contributed by atoms with Crippen LogP contribution in [0.2, 0.25) is 0 Å². The third-order valence-corrected chi connectivity index (χ3v) is 2.04. The molecule has 0 aliphatic rings. The van der Waals surface area contributed by atoms with Crippen molar-refractivity contribution in [2.45, 2.75) is 0 Å². The summed E-state index contributed by atoms with van der Waals surface area (Å²) < 4.78 is 0. The van der Waals surface area contributed by atoms with Gasteiger partial charge in [0, 0.05) is 13.1 Å². The molecule has 0 aromatic heterocycles. The maximum Gasteiger partial charge on any atom is 0.337 e. The molecule has 1 rings (SSSR count). The van der Waals surface area contributed by atoms with Gasteiger partial charge in [0.05, 0.1) is 11.3 Å². The average molecular weight is 251 g/mol. The molecule has 0 aliphatic heterocycles. The topological polar surface area (TPSA) is 122 Å². The number of hydrogen-bond acceptors (Lipinski definition) is 4. The van der Waals surface area contributed by atoms with Crippen LogP contribution in [0.4, 0.5) is 5.69 Å². The molecule has 0 spiro atoms. The quantitative estimate of drug-likeness (QED) is 0.532. The molecule has 5 N–H and O–H groups in total. The Labute approximate surface area is 103 Å². The van der Waals surface area contributed by atoms with Crippen LogP contribution in [0.15, 0.2) is 24.3 Å². The standard InChI is InChI=1S/C11H13N3O4/c12-5-6-13-9(15)10(16)14-8-4-2-1-3-7(8)11(17)18/h1-4H,5-6,12H2,(H,13,15)(H,14,16)(H,17,18). The number of amides is 2. The van der Waals surface area contributed by atoms with Gasteiger partial charge in [-0.05, 0) is 12.1 Å². The number of aromatic carboxylic acids is 1. The van der Waals surface area contributed by atoms with Crippen molar-refractivity contribution < 1.29 is 19.5 Å². The number of rotatable bonds is 4. The first-order valence-electron chi connectivity index (χ1n) is 5.18. The zero-order valence-electron chi connectivity index (χ0n) is 9.47. The molecule has 7 nitrogen and oxygen atoms in total. The van der Waals surface area contributed by atoms with Gasteiger partial charge in [-0.15, -0.1) is 0 Å². The molecule has 0 radical (unpaired) electrons. The number of nitrogens with one attached hydrogen (secondary N) is 2. The molecule has 96 valence electrons. The predicted molar refractivity (Wildman–Crippen MR) is 64.1 cm³/mol. The van der Waals surface area contributed by atoms with Crippen LogP contribution in [0.25, 0.3) is 0 Å².